The van der Waals surface area contributed by atoms with Gasteiger partial charge in [0.05, 0.1) is 0 Å². The van der Waals surface area contributed by atoms with E-state index in [4.69, 9.17) is 6.58 Å². The second-order valence-electron chi connectivity index (χ2n) is 19.9. The van der Waals surface area contributed by atoms with Crippen LogP contribution in [-0.2, 0) is 17.3 Å². The number of para-hydroxylation sites is 2. The van der Waals surface area contributed by atoms with Gasteiger partial charge in [-0.25, -0.2) is 0 Å². The van der Waals surface area contributed by atoms with E-state index in [-0.39, 0.29) is 22.7 Å². The zero-order valence-corrected chi connectivity index (χ0v) is 38.6. The molecule has 0 amide bonds. The Balaban J connectivity index is 1.46. The van der Waals surface area contributed by atoms with Crippen molar-refractivity contribution in [3.05, 3.63) is 203 Å². The molecule has 1 saturated carbocycles. The molecular formula is C59H70N2. The van der Waals surface area contributed by atoms with E-state index in [2.05, 4.69) is 224 Å². The number of benzene rings is 4. The van der Waals surface area contributed by atoms with E-state index in [1.165, 1.54) is 50.3 Å². The highest BCUT2D eigenvalue weighted by Crippen LogP contribution is 2.49. The summed E-state index contributed by atoms with van der Waals surface area (Å²) in [5, 5.41) is 0. The van der Waals surface area contributed by atoms with Crippen LogP contribution in [0.5, 0.6) is 0 Å². The van der Waals surface area contributed by atoms with Crippen molar-refractivity contribution in [3.63, 3.8) is 0 Å². The molecule has 0 bridgehead atoms. The van der Waals surface area contributed by atoms with Gasteiger partial charge in [0.15, 0.2) is 0 Å². The van der Waals surface area contributed by atoms with Crippen LogP contribution in [-0.4, -0.2) is 10.9 Å². The Kier molecular flexibility index (Phi) is 13.4. The Morgan fingerprint density at radius 3 is 1.98 bits per heavy atom. The van der Waals surface area contributed by atoms with E-state index >= 15 is 0 Å². The van der Waals surface area contributed by atoms with Gasteiger partial charge >= 0.3 is 0 Å². The predicted molar refractivity (Wildman–Crippen MR) is 264 cm³/mol. The topological polar surface area (TPSA) is 6.48 Å². The lowest BCUT2D eigenvalue weighted by Crippen LogP contribution is -2.40. The van der Waals surface area contributed by atoms with Crippen molar-refractivity contribution in [1.29, 1.82) is 0 Å². The smallest absolute Gasteiger partial charge is 0.0461 e. The predicted octanol–water partition coefficient (Wildman–Crippen LogP) is 16.2. The molecule has 3 atom stereocenters. The summed E-state index contributed by atoms with van der Waals surface area (Å²) in [5.41, 5.74) is 15.7. The largest absolute Gasteiger partial charge is 0.342 e. The molecule has 0 aromatic heterocycles. The van der Waals surface area contributed by atoms with Crippen LogP contribution in [0.15, 0.2) is 181 Å². The van der Waals surface area contributed by atoms with Crippen LogP contribution in [0.1, 0.15) is 123 Å². The molecule has 0 saturated heterocycles. The minimum atomic E-state index is 0.0130. The summed E-state index contributed by atoms with van der Waals surface area (Å²) in [6.45, 7) is 25.8. The lowest BCUT2D eigenvalue weighted by Gasteiger charge is -2.45. The first-order valence-electron chi connectivity index (χ1n) is 23.0. The van der Waals surface area contributed by atoms with Crippen molar-refractivity contribution >= 4 is 11.4 Å². The first kappa shape index (κ1) is 43.7. The van der Waals surface area contributed by atoms with Crippen molar-refractivity contribution in [2.45, 2.75) is 124 Å². The summed E-state index contributed by atoms with van der Waals surface area (Å²) in [6, 6.07) is 36.8. The fourth-order valence-electron chi connectivity index (χ4n) is 9.62. The molecule has 61 heavy (non-hydrogen) atoms. The summed E-state index contributed by atoms with van der Waals surface area (Å²) in [7, 11) is 0. The fourth-order valence-corrected chi connectivity index (χ4v) is 9.62. The molecule has 0 spiro atoms. The Bertz CT molecular complexity index is 2310. The third-order valence-corrected chi connectivity index (χ3v) is 13.1. The third-order valence-electron chi connectivity index (χ3n) is 13.1. The molecule has 3 aliphatic carbocycles. The molecular weight excluding hydrogens is 737 g/mol. The second-order valence-corrected chi connectivity index (χ2v) is 19.9. The summed E-state index contributed by atoms with van der Waals surface area (Å²) in [6.07, 6.45) is 27.3. The van der Waals surface area contributed by atoms with Crippen LogP contribution in [0, 0.1) is 11.8 Å². The van der Waals surface area contributed by atoms with Gasteiger partial charge in [-0.05, 0) is 150 Å². The number of rotatable bonds is 8. The van der Waals surface area contributed by atoms with Crippen molar-refractivity contribution in [2.24, 2.45) is 11.8 Å². The van der Waals surface area contributed by atoms with Gasteiger partial charge in [0.2, 0.25) is 0 Å². The Morgan fingerprint density at radius 1 is 0.754 bits per heavy atom. The average Bonchev–Trinajstić information content (AvgIpc) is 3.25. The zero-order chi connectivity index (χ0) is 43.3. The monoisotopic (exact) mass is 807 g/mol. The van der Waals surface area contributed by atoms with Crippen LogP contribution >= 0.6 is 0 Å². The molecule has 0 aliphatic heterocycles. The van der Waals surface area contributed by atoms with Gasteiger partial charge in [-0.1, -0.05) is 177 Å². The molecule has 2 heteroatoms. The van der Waals surface area contributed by atoms with Crippen molar-refractivity contribution in [1.82, 2.24) is 4.90 Å². The number of fused-ring (bicyclic) bond motifs is 5. The normalized spacial score (nSPS) is 21.3. The summed E-state index contributed by atoms with van der Waals surface area (Å²) < 4.78 is 0. The van der Waals surface area contributed by atoms with Crippen LogP contribution in [0.2, 0.25) is 0 Å². The molecule has 1 fully saturated rings. The van der Waals surface area contributed by atoms with E-state index in [0.717, 1.165) is 55.6 Å². The maximum atomic E-state index is 4.96. The van der Waals surface area contributed by atoms with Crippen LogP contribution in [0.4, 0.5) is 11.4 Å². The molecule has 0 heterocycles. The first-order valence-corrected chi connectivity index (χ1v) is 23.0. The number of hydrogen-bond acceptors (Lipinski definition) is 2. The van der Waals surface area contributed by atoms with E-state index in [1.807, 2.05) is 0 Å². The fraction of sp³-hybridized carbons (Fsp3) is 0.356. The summed E-state index contributed by atoms with van der Waals surface area (Å²) in [5.74, 6) is 1.03. The van der Waals surface area contributed by atoms with Gasteiger partial charge in [-0.3, -0.25) is 0 Å². The minimum Gasteiger partial charge on any atom is -0.342 e. The molecule has 316 valence electrons. The maximum absolute atomic E-state index is 4.96. The summed E-state index contributed by atoms with van der Waals surface area (Å²) >= 11 is 0. The first-order chi connectivity index (χ1) is 29.2. The molecule has 7 rings (SSSR count). The van der Waals surface area contributed by atoms with Gasteiger partial charge in [0.1, 0.15) is 0 Å². The average molecular weight is 807 g/mol. The molecule has 4 aromatic carbocycles. The number of hydrogen-bond donors (Lipinski definition) is 0. The third kappa shape index (κ3) is 10.1. The molecule has 3 aliphatic rings. The van der Waals surface area contributed by atoms with Gasteiger partial charge in [0, 0.05) is 34.5 Å². The van der Waals surface area contributed by atoms with E-state index < -0.39 is 0 Å². The van der Waals surface area contributed by atoms with E-state index in [1.54, 1.807) is 0 Å². The number of nitrogens with zero attached hydrogens (tertiary/aromatic N) is 2. The highest BCUT2D eigenvalue weighted by atomic mass is 15.2. The molecule has 4 aromatic rings. The molecule has 0 radical (unpaired) electrons. The van der Waals surface area contributed by atoms with Crippen molar-refractivity contribution < 1.29 is 0 Å². The Labute approximate surface area is 369 Å². The SMILES string of the molecule is C=C1/C=C\C(N(c2ccccc2)c2ccccc2)=C/Cc2cc(C(C)(C)C)ccc2-c2ccc(C(C)(C)C)cc2C2CC(N(C3=CC=CCC3)C(/C=C\C(C)C)=C/C)CCC12. The van der Waals surface area contributed by atoms with Gasteiger partial charge < -0.3 is 9.80 Å². The van der Waals surface area contributed by atoms with Gasteiger partial charge in [0.25, 0.3) is 0 Å². The van der Waals surface area contributed by atoms with E-state index in [9.17, 15) is 0 Å². The van der Waals surface area contributed by atoms with Crippen LogP contribution in [0.25, 0.3) is 11.1 Å². The van der Waals surface area contributed by atoms with Gasteiger partial charge in [-0.2, -0.15) is 0 Å². The minimum absolute atomic E-state index is 0.0130. The molecule has 0 N–H and O–H groups in total. The number of allylic oxidation sites excluding steroid dienone is 11. The van der Waals surface area contributed by atoms with Gasteiger partial charge in [-0.15, -0.1) is 0 Å². The zero-order valence-electron chi connectivity index (χ0n) is 38.6. The van der Waals surface area contributed by atoms with Crippen molar-refractivity contribution in [2.75, 3.05) is 4.90 Å². The number of anilines is 2. The quantitative estimate of drug-likeness (QED) is 0.164. The molecule has 2 nitrogen and oxygen atoms in total. The highest BCUT2D eigenvalue weighted by molar-refractivity contribution is 5.75. The standard InChI is InChI=1S/C59H70N2/c1-11-47(32-27-42(2)3)60(48-21-15-12-16-22-48)52-35-38-53-43(4)28-33-51(61(49-23-17-13-18-24-49)50-25-19-14-20-26-50)34-29-44-39-45(58(5,6)7)30-36-54(44)55-37-31-46(59(8,9)10)40-56(55)57(53)41-52/h11-15,17-21,23-28,30-34,36-37,39-40,42,52-53,57H,4,16,22,29,35,38,41H2,1-3,5-10H3/b32-27-,33-28-,47-11+,51-34+. The lowest BCUT2D eigenvalue weighted by molar-refractivity contribution is 0.197. The lowest BCUT2D eigenvalue weighted by atomic mass is 9.67. The Hall–Kier alpha value is -5.34. The van der Waals surface area contributed by atoms with Crippen molar-refractivity contribution in [3.8, 4) is 11.1 Å². The van der Waals surface area contributed by atoms with E-state index in [0.29, 0.717) is 12.0 Å². The van der Waals surface area contributed by atoms with Crippen LogP contribution < -0.4 is 4.90 Å². The highest BCUT2D eigenvalue weighted by Gasteiger charge is 2.38. The molecule has 3 unspecified atom stereocenters. The Morgan fingerprint density at radius 2 is 1.39 bits per heavy atom. The maximum Gasteiger partial charge on any atom is 0.0461 e. The summed E-state index contributed by atoms with van der Waals surface area (Å²) in [4.78, 5) is 5.14. The van der Waals surface area contributed by atoms with Crippen LogP contribution in [0.3, 0.4) is 0 Å². The second kappa shape index (κ2) is 18.7.